The molecule has 1 fully saturated rings. The van der Waals surface area contributed by atoms with Gasteiger partial charge < -0.3 is 15.4 Å². The molecule has 0 radical (unpaired) electrons. The molecule has 5 aromatic rings. The fraction of sp³-hybridized carbons (Fsp3) is 0.194. The number of nitrogens with zero attached hydrogens (tertiary/aromatic N) is 4. The highest BCUT2D eigenvalue weighted by Crippen LogP contribution is 2.45. The van der Waals surface area contributed by atoms with Gasteiger partial charge >= 0.3 is 0 Å². The molecule has 6 rings (SSSR count). The molecular formula is C31H26F2N6O3. The normalized spacial score (nSPS) is 13.5. The molecule has 2 N–H and O–H groups in total. The van der Waals surface area contributed by atoms with Gasteiger partial charge in [0.05, 0.1) is 35.7 Å². The third kappa shape index (κ3) is 4.52. The Hall–Kier alpha value is -5.19. The van der Waals surface area contributed by atoms with Crippen LogP contribution in [0, 0.1) is 18.6 Å². The zero-order chi connectivity index (χ0) is 29.6. The van der Waals surface area contributed by atoms with E-state index >= 15 is 4.39 Å². The van der Waals surface area contributed by atoms with Gasteiger partial charge in [0.2, 0.25) is 0 Å². The first kappa shape index (κ1) is 27.0. The molecule has 3 aromatic heterocycles. The number of rotatable bonds is 7. The van der Waals surface area contributed by atoms with Crippen LogP contribution in [0.25, 0.3) is 27.9 Å². The Labute approximate surface area is 239 Å². The first-order chi connectivity index (χ1) is 20.3. The summed E-state index contributed by atoms with van der Waals surface area (Å²) in [5.41, 5.74) is 2.15. The summed E-state index contributed by atoms with van der Waals surface area (Å²) >= 11 is 0. The highest BCUT2D eigenvalue weighted by molar-refractivity contribution is 6.07. The summed E-state index contributed by atoms with van der Waals surface area (Å²) in [6, 6.07) is 10.3. The number of methoxy groups -OCH3 is 1. The van der Waals surface area contributed by atoms with Crippen molar-refractivity contribution < 1.29 is 23.1 Å². The molecule has 1 aliphatic carbocycles. The summed E-state index contributed by atoms with van der Waals surface area (Å²) in [7, 11) is 2.90. The second kappa shape index (κ2) is 10.3. The molecule has 42 heavy (non-hydrogen) atoms. The van der Waals surface area contributed by atoms with Gasteiger partial charge in [0, 0.05) is 36.8 Å². The SMILES string of the molecule is CNC(=O)c1c(-c2ccc(F)cc2)nn2ccc(-c3cc(C(=O)NC4(c5cnccn5)CC4)c(OC)cc3C)c(F)c12. The molecule has 0 aliphatic heterocycles. The van der Waals surface area contributed by atoms with E-state index in [1.54, 1.807) is 43.8 Å². The summed E-state index contributed by atoms with van der Waals surface area (Å²) < 4.78 is 36.9. The van der Waals surface area contributed by atoms with Crippen molar-refractivity contribution in [3.8, 4) is 28.1 Å². The van der Waals surface area contributed by atoms with Crippen LogP contribution in [-0.4, -0.2) is 45.6 Å². The van der Waals surface area contributed by atoms with Gasteiger partial charge in [0.25, 0.3) is 11.8 Å². The van der Waals surface area contributed by atoms with E-state index in [1.165, 1.54) is 49.0 Å². The maximum Gasteiger partial charge on any atom is 0.255 e. The Balaban J connectivity index is 1.47. The third-order valence-electron chi connectivity index (χ3n) is 7.55. The second-order valence-electron chi connectivity index (χ2n) is 10.1. The molecular weight excluding hydrogens is 542 g/mol. The van der Waals surface area contributed by atoms with Crippen molar-refractivity contribution in [1.82, 2.24) is 30.2 Å². The molecule has 0 spiro atoms. The fourth-order valence-corrected chi connectivity index (χ4v) is 5.18. The smallest absolute Gasteiger partial charge is 0.255 e. The van der Waals surface area contributed by atoms with Crippen LogP contribution in [-0.2, 0) is 5.54 Å². The Morgan fingerprint density at radius 2 is 1.79 bits per heavy atom. The van der Waals surface area contributed by atoms with E-state index in [4.69, 9.17) is 4.74 Å². The van der Waals surface area contributed by atoms with Crippen molar-refractivity contribution in [1.29, 1.82) is 0 Å². The molecule has 1 saturated carbocycles. The van der Waals surface area contributed by atoms with Crippen LogP contribution in [0.2, 0.25) is 0 Å². The largest absolute Gasteiger partial charge is 0.496 e. The number of halogens is 2. The lowest BCUT2D eigenvalue weighted by Crippen LogP contribution is -2.35. The van der Waals surface area contributed by atoms with Crippen molar-refractivity contribution in [2.45, 2.75) is 25.3 Å². The Bertz CT molecular complexity index is 1850. The summed E-state index contributed by atoms with van der Waals surface area (Å²) in [6.45, 7) is 1.78. The number of benzene rings is 2. The standard InChI is InChI=1S/C31H26F2N6O3/c1-17-14-23(42-3)22(29(40)37-31(9-10-31)24-16-35-11-12-36-24)15-21(17)20-8-13-39-28(26(20)33)25(30(41)34-2)27(38-39)18-4-6-19(32)7-5-18/h4-8,11-16H,9-10H2,1-3H3,(H,34,41)(H,37,40). The minimum atomic E-state index is -0.699. The summed E-state index contributed by atoms with van der Waals surface area (Å²) in [5, 5.41) is 10.1. The van der Waals surface area contributed by atoms with E-state index in [2.05, 4.69) is 25.7 Å². The molecule has 2 aromatic carbocycles. The first-order valence-electron chi connectivity index (χ1n) is 13.2. The van der Waals surface area contributed by atoms with Gasteiger partial charge in [-0.3, -0.25) is 19.6 Å². The lowest BCUT2D eigenvalue weighted by molar-refractivity contribution is 0.0925. The minimum Gasteiger partial charge on any atom is -0.496 e. The molecule has 2 amide bonds. The van der Waals surface area contributed by atoms with E-state index < -0.39 is 29.0 Å². The molecule has 0 atom stereocenters. The molecule has 3 heterocycles. The van der Waals surface area contributed by atoms with Crippen LogP contribution in [0.5, 0.6) is 5.75 Å². The van der Waals surface area contributed by atoms with Crippen molar-refractivity contribution >= 4 is 17.3 Å². The number of hydrogen-bond acceptors (Lipinski definition) is 6. The van der Waals surface area contributed by atoms with Crippen molar-refractivity contribution in [2.75, 3.05) is 14.2 Å². The lowest BCUT2D eigenvalue weighted by atomic mass is 9.95. The number of ether oxygens (including phenoxy) is 1. The molecule has 0 saturated heterocycles. The van der Waals surface area contributed by atoms with Gasteiger partial charge in [-0.25, -0.2) is 13.3 Å². The zero-order valence-electron chi connectivity index (χ0n) is 23.0. The van der Waals surface area contributed by atoms with Crippen LogP contribution in [0.4, 0.5) is 8.78 Å². The lowest BCUT2D eigenvalue weighted by Gasteiger charge is -2.19. The Morgan fingerprint density at radius 1 is 1.02 bits per heavy atom. The van der Waals surface area contributed by atoms with Crippen molar-refractivity contribution in [3.05, 3.63) is 101 Å². The van der Waals surface area contributed by atoms with Crippen LogP contribution < -0.4 is 15.4 Å². The topological polar surface area (TPSA) is 111 Å². The number of aromatic nitrogens is 4. The number of fused-ring (bicyclic) bond motifs is 1. The highest BCUT2D eigenvalue weighted by Gasteiger charge is 2.47. The first-order valence-corrected chi connectivity index (χ1v) is 13.2. The summed E-state index contributed by atoms with van der Waals surface area (Å²) in [6.07, 6.45) is 7.75. The fourth-order valence-electron chi connectivity index (χ4n) is 5.18. The molecule has 0 unspecified atom stereocenters. The number of amides is 2. The quantitative estimate of drug-likeness (QED) is 0.291. The van der Waals surface area contributed by atoms with E-state index in [9.17, 15) is 14.0 Å². The monoisotopic (exact) mass is 568 g/mol. The predicted molar refractivity (Wildman–Crippen MR) is 151 cm³/mol. The molecule has 212 valence electrons. The zero-order valence-corrected chi connectivity index (χ0v) is 23.0. The number of nitrogens with one attached hydrogen (secondary N) is 2. The van der Waals surface area contributed by atoms with Gasteiger partial charge in [0.15, 0.2) is 5.82 Å². The predicted octanol–water partition coefficient (Wildman–Crippen LogP) is 4.83. The molecule has 0 bridgehead atoms. The van der Waals surface area contributed by atoms with Crippen LogP contribution in [0.1, 0.15) is 44.8 Å². The van der Waals surface area contributed by atoms with Gasteiger partial charge in [-0.2, -0.15) is 5.10 Å². The maximum absolute atomic E-state index is 16.5. The van der Waals surface area contributed by atoms with Crippen molar-refractivity contribution in [2.24, 2.45) is 0 Å². The number of carbonyl (C=O) groups is 2. The average Bonchev–Trinajstić information content (AvgIpc) is 3.68. The van der Waals surface area contributed by atoms with Gasteiger partial charge in [-0.05, 0) is 73.4 Å². The Morgan fingerprint density at radius 3 is 2.43 bits per heavy atom. The second-order valence-corrected chi connectivity index (χ2v) is 10.1. The number of aryl methyl sites for hydroxylation is 1. The average molecular weight is 569 g/mol. The molecule has 1 aliphatic rings. The van der Waals surface area contributed by atoms with E-state index in [0.717, 1.165) is 0 Å². The summed E-state index contributed by atoms with van der Waals surface area (Å²) in [4.78, 5) is 35.1. The van der Waals surface area contributed by atoms with Crippen LogP contribution in [0.15, 0.2) is 67.3 Å². The maximum atomic E-state index is 16.5. The number of hydrogen-bond donors (Lipinski definition) is 2. The molecule has 9 nitrogen and oxygen atoms in total. The van der Waals surface area contributed by atoms with Crippen LogP contribution >= 0.6 is 0 Å². The Kier molecular flexibility index (Phi) is 6.64. The van der Waals surface area contributed by atoms with E-state index in [0.29, 0.717) is 41.0 Å². The minimum absolute atomic E-state index is 0.00670. The summed E-state index contributed by atoms with van der Waals surface area (Å²) in [5.74, 6) is -1.76. The third-order valence-corrected chi connectivity index (χ3v) is 7.55. The number of carbonyl (C=O) groups excluding carboxylic acids is 2. The highest BCUT2D eigenvalue weighted by atomic mass is 19.1. The van der Waals surface area contributed by atoms with E-state index in [1.807, 2.05) is 0 Å². The van der Waals surface area contributed by atoms with Gasteiger partial charge in [-0.15, -0.1) is 0 Å². The van der Waals surface area contributed by atoms with Gasteiger partial charge in [0.1, 0.15) is 22.8 Å². The number of pyridine rings is 1. The van der Waals surface area contributed by atoms with Crippen molar-refractivity contribution in [3.63, 3.8) is 0 Å². The van der Waals surface area contributed by atoms with Crippen LogP contribution in [0.3, 0.4) is 0 Å². The van der Waals surface area contributed by atoms with E-state index in [-0.39, 0.29) is 27.9 Å². The van der Waals surface area contributed by atoms with Gasteiger partial charge in [-0.1, -0.05) is 0 Å². The molecule has 11 heteroatoms.